The molecule has 0 radical (unpaired) electrons. The topological polar surface area (TPSA) is 69.4 Å². The first-order valence-corrected chi connectivity index (χ1v) is 8.43. The van der Waals surface area contributed by atoms with Crippen molar-refractivity contribution in [3.63, 3.8) is 0 Å². The highest BCUT2D eigenvalue weighted by molar-refractivity contribution is 7.90. The zero-order valence-electron chi connectivity index (χ0n) is 11.5. The summed E-state index contributed by atoms with van der Waals surface area (Å²) >= 11 is 0. The van der Waals surface area contributed by atoms with Crippen molar-refractivity contribution in [2.45, 2.75) is 42.5 Å². The molecule has 1 aliphatic carbocycles. The van der Waals surface area contributed by atoms with Crippen LogP contribution in [0.25, 0.3) is 0 Å². The highest BCUT2D eigenvalue weighted by atomic mass is 32.2. The molecule has 2 N–H and O–H groups in total. The second kappa shape index (κ2) is 5.13. The van der Waals surface area contributed by atoms with Crippen LogP contribution in [0.4, 0.5) is 0 Å². The van der Waals surface area contributed by atoms with Gasteiger partial charge in [-0.25, -0.2) is 8.42 Å². The molecule has 106 valence electrons. The first kappa shape index (κ1) is 14.3. The van der Waals surface area contributed by atoms with Crippen molar-refractivity contribution in [2.75, 3.05) is 13.4 Å². The minimum Gasteiger partial charge on any atom is -0.495 e. The summed E-state index contributed by atoms with van der Waals surface area (Å²) < 4.78 is 28.6. The Morgan fingerprint density at radius 2 is 1.84 bits per heavy atom. The van der Waals surface area contributed by atoms with E-state index >= 15 is 0 Å². The van der Waals surface area contributed by atoms with Gasteiger partial charge in [0.15, 0.2) is 9.84 Å². The summed E-state index contributed by atoms with van der Waals surface area (Å²) in [7, 11) is -1.79. The second-order valence-corrected chi connectivity index (χ2v) is 7.34. The predicted molar refractivity (Wildman–Crippen MR) is 75.1 cm³/mol. The third-order valence-corrected chi connectivity index (χ3v) is 5.02. The fourth-order valence-corrected chi connectivity index (χ4v) is 3.58. The summed E-state index contributed by atoms with van der Waals surface area (Å²) in [6, 6.07) is 5.21. The van der Waals surface area contributed by atoms with E-state index in [9.17, 15) is 8.42 Å². The molecule has 0 spiro atoms. The SMILES string of the molecule is COc1cc(C2(N)CCCCC2)ccc1S(C)(=O)=O. The molecule has 0 unspecified atom stereocenters. The van der Waals surface area contributed by atoms with Crippen LogP contribution in [0.2, 0.25) is 0 Å². The van der Waals surface area contributed by atoms with E-state index in [1.54, 1.807) is 12.1 Å². The lowest BCUT2D eigenvalue weighted by molar-refractivity contribution is 0.300. The number of methoxy groups -OCH3 is 1. The first-order chi connectivity index (χ1) is 8.87. The van der Waals surface area contributed by atoms with Gasteiger partial charge in [0, 0.05) is 11.8 Å². The van der Waals surface area contributed by atoms with Crippen LogP contribution in [-0.4, -0.2) is 21.8 Å². The zero-order valence-corrected chi connectivity index (χ0v) is 12.3. The van der Waals surface area contributed by atoms with Crippen molar-refractivity contribution in [1.82, 2.24) is 0 Å². The maximum atomic E-state index is 11.7. The monoisotopic (exact) mass is 283 g/mol. The van der Waals surface area contributed by atoms with E-state index in [4.69, 9.17) is 10.5 Å². The summed E-state index contributed by atoms with van der Waals surface area (Å²) in [5.74, 6) is 0.385. The molecule has 0 atom stereocenters. The van der Waals surface area contributed by atoms with Crippen molar-refractivity contribution in [1.29, 1.82) is 0 Å². The summed E-state index contributed by atoms with van der Waals surface area (Å²) in [6.07, 6.45) is 6.52. The van der Waals surface area contributed by atoms with Crippen LogP contribution >= 0.6 is 0 Å². The molecule has 0 heterocycles. The van der Waals surface area contributed by atoms with Crippen LogP contribution in [0.5, 0.6) is 5.75 Å². The highest BCUT2D eigenvalue weighted by Crippen LogP contribution is 2.37. The van der Waals surface area contributed by atoms with E-state index in [0.29, 0.717) is 5.75 Å². The van der Waals surface area contributed by atoms with Gasteiger partial charge in [0.1, 0.15) is 10.6 Å². The molecule has 1 aliphatic rings. The van der Waals surface area contributed by atoms with Gasteiger partial charge in [-0.15, -0.1) is 0 Å². The molecule has 5 heteroatoms. The van der Waals surface area contributed by atoms with Gasteiger partial charge in [0.25, 0.3) is 0 Å². The molecule has 1 aromatic rings. The van der Waals surface area contributed by atoms with Gasteiger partial charge in [0.05, 0.1) is 7.11 Å². The highest BCUT2D eigenvalue weighted by Gasteiger charge is 2.30. The molecule has 1 saturated carbocycles. The summed E-state index contributed by atoms with van der Waals surface area (Å²) in [5.41, 5.74) is 7.08. The molecule has 0 aromatic heterocycles. The molecular formula is C14H21NO3S. The molecule has 4 nitrogen and oxygen atoms in total. The number of benzene rings is 1. The summed E-state index contributed by atoms with van der Waals surface area (Å²) in [5, 5.41) is 0. The Kier molecular flexibility index (Phi) is 3.87. The Morgan fingerprint density at radius 1 is 1.21 bits per heavy atom. The third-order valence-electron chi connectivity index (χ3n) is 3.88. The van der Waals surface area contributed by atoms with E-state index in [1.165, 1.54) is 19.8 Å². The molecule has 0 saturated heterocycles. The van der Waals surface area contributed by atoms with Crippen LogP contribution in [0.3, 0.4) is 0 Å². The first-order valence-electron chi connectivity index (χ1n) is 6.54. The van der Waals surface area contributed by atoms with Gasteiger partial charge in [0.2, 0.25) is 0 Å². The van der Waals surface area contributed by atoms with Gasteiger partial charge >= 0.3 is 0 Å². The van der Waals surface area contributed by atoms with Crippen LogP contribution in [0, 0.1) is 0 Å². The van der Waals surface area contributed by atoms with E-state index in [2.05, 4.69) is 0 Å². The number of sulfone groups is 1. The fourth-order valence-electron chi connectivity index (χ4n) is 2.75. The minimum absolute atomic E-state index is 0.221. The number of ether oxygens (including phenoxy) is 1. The summed E-state index contributed by atoms with van der Waals surface area (Å²) in [6.45, 7) is 0. The lowest BCUT2D eigenvalue weighted by Gasteiger charge is -2.34. The van der Waals surface area contributed by atoms with Gasteiger partial charge in [-0.3, -0.25) is 0 Å². The van der Waals surface area contributed by atoms with Gasteiger partial charge in [-0.05, 0) is 30.5 Å². The second-order valence-electron chi connectivity index (χ2n) is 5.35. The molecule has 2 rings (SSSR count). The van der Waals surface area contributed by atoms with Crippen molar-refractivity contribution in [2.24, 2.45) is 5.73 Å². The quantitative estimate of drug-likeness (QED) is 0.923. The Balaban J connectivity index is 2.44. The van der Waals surface area contributed by atoms with E-state index < -0.39 is 9.84 Å². The standard InChI is InChI=1S/C14H21NO3S/c1-18-12-10-11(6-7-13(12)19(2,16)17)14(15)8-4-3-5-9-14/h6-7,10H,3-5,8-9,15H2,1-2H3. The normalized spacial score (nSPS) is 19.1. The van der Waals surface area contributed by atoms with Crippen LogP contribution in [-0.2, 0) is 15.4 Å². The maximum Gasteiger partial charge on any atom is 0.179 e. The molecule has 1 aromatic carbocycles. The number of hydrogen-bond acceptors (Lipinski definition) is 4. The van der Waals surface area contributed by atoms with E-state index in [0.717, 1.165) is 31.2 Å². The smallest absolute Gasteiger partial charge is 0.179 e. The molecule has 0 bridgehead atoms. The van der Waals surface area contributed by atoms with Crippen molar-refractivity contribution in [3.05, 3.63) is 23.8 Å². The minimum atomic E-state index is -3.28. The van der Waals surface area contributed by atoms with Gasteiger partial charge < -0.3 is 10.5 Å². The lowest BCUT2D eigenvalue weighted by Crippen LogP contribution is -2.38. The summed E-state index contributed by atoms with van der Waals surface area (Å²) in [4.78, 5) is 0.221. The fraction of sp³-hybridized carbons (Fsp3) is 0.571. The zero-order chi connectivity index (χ0) is 14.1. The Bertz CT molecular complexity index is 560. The molecular weight excluding hydrogens is 262 g/mol. The Hall–Kier alpha value is -1.07. The van der Waals surface area contributed by atoms with E-state index in [-0.39, 0.29) is 10.4 Å². The molecule has 1 fully saturated rings. The van der Waals surface area contributed by atoms with Gasteiger partial charge in [-0.2, -0.15) is 0 Å². The molecule has 0 amide bonds. The van der Waals surface area contributed by atoms with Gasteiger partial charge in [-0.1, -0.05) is 25.3 Å². The van der Waals surface area contributed by atoms with Crippen molar-refractivity contribution in [3.8, 4) is 5.75 Å². The Labute approximate surface area is 114 Å². The Morgan fingerprint density at radius 3 is 2.37 bits per heavy atom. The van der Waals surface area contributed by atoms with Crippen LogP contribution in [0.15, 0.2) is 23.1 Å². The number of hydrogen-bond donors (Lipinski definition) is 1. The lowest BCUT2D eigenvalue weighted by atomic mass is 9.77. The largest absolute Gasteiger partial charge is 0.495 e. The number of nitrogens with two attached hydrogens (primary N) is 1. The maximum absolute atomic E-state index is 11.7. The average molecular weight is 283 g/mol. The van der Waals surface area contributed by atoms with Crippen molar-refractivity contribution < 1.29 is 13.2 Å². The van der Waals surface area contributed by atoms with Crippen LogP contribution in [0.1, 0.15) is 37.7 Å². The predicted octanol–water partition coefficient (Wildman–Crippen LogP) is 2.22. The average Bonchev–Trinajstić information content (AvgIpc) is 2.38. The van der Waals surface area contributed by atoms with Crippen molar-refractivity contribution >= 4 is 9.84 Å². The number of rotatable bonds is 3. The molecule has 0 aliphatic heterocycles. The van der Waals surface area contributed by atoms with Crippen LogP contribution < -0.4 is 10.5 Å². The molecule has 19 heavy (non-hydrogen) atoms. The van der Waals surface area contributed by atoms with E-state index in [1.807, 2.05) is 6.07 Å². The third kappa shape index (κ3) is 2.92.